The lowest BCUT2D eigenvalue weighted by atomic mass is 9.98. The SMILES string of the molecule is CCC=C(OOOC)C(C)COCCOOOOC1CCCCC1. The molecule has 8 heteroatoms. The molecule has 1 rings (SSSR count). The second-order valence-corrected chi connectivity index (χ2v) is 5.62. The standard InChI is InChI=1S/C16H30O8/c1-4-8-16(21-22-17-3)14(2)13-18-11-12-19-23-24-20-15-9-6-5-7-10-15/h8,14-15H,4-7,9-13H2,1-3H3. The zero-order valence-electron chi connectivity index (χ0n) is 14.9. The van der Waals surface area contributed by atoms with Crippen LogP contribution in [-0.2, 0) is 39.4 Å². The lowest BCUT2D eigenvalue weighted by Gasteiger charge is -2.19. The third-order valence-electron chi connectivity index (χ3n) is 3.57. The molecule has 1 aliphatic carbocycles. The highest BCUT2D eigenvalue weighted by molar-refractivity contribution is 4.96. The summed E-state index contributed by atoms with van der Waals surface area (Å²) in [6.07, 6.45) is 8.39. The molecule has 0 radical (unpaired) electrons. The zero-order chi connectivity index (χ0) is 17.5. The van der Waals surface area contributed by atoms with E-state index in [0.29, 0.717) is 19.0 Å². The molecule has 1 unspecified atom stereocenters. The first-order valence-electron chi connectivity index (χ1n) is 8.54. The van der Waals surface area contributed by atoms with Gasteiger partial charge in [-0.2, -0.15) is 4.89 Å². The molecule has 0 heterocycles. The van der Waals surface area contributed by atoms with Gasteiger partial charge in [0.1, 0.15) is 12.4 Å². The monoisotopic (exact) mass is 350 g/mol. The zero-order valence-corrected chi connectivity index (χ0v) is 14.9. The maximum Gasteiger partial charge on any atom is 0.146 e. The molecule has 142 valence electrons. The summed E-state index contributed by atoms with van der Waals surface area (Å²) in [5, 5.41) is 13.6. The Balaban J connectivity index is 1.97. The van der Waals surface area contributed by atoms with E-state index in [0.717, 1.165) is 32.1 Å². The third kappa shape index (κ3) is 10.2. The lowest BCUT2D eigenvalue weighted by molar-refractivity contribution is -0.642. The highest BCUT2D eigenvalue weighted by atomic mass is 17.7. The molecular weight excluding hydrogens is 320 g/mol. The molecule has 8 nitrogen and oxygen atoms in total. The lowest BCUT2D eigenvalue weighted by Crippen LogP contribution is -2.18. The Morgan fingerprint density at radius 2 is 1.88 bits per heavy atom. The molecule has 24 heavy (non-hydrogen) atoms. The van der Waals surface area contributed by atoms with E-state index >= 15 is 0 Å². The molecule has 0 amide bonds. The third-order valence-corrected chi connectivity index (χ3v) is 3.57. The van der Waals surface area contributed by atoms with Crippen molar-refractivity contribution in [3.05, 3.63) is 11.8 Å². The van der Waals surface area contributed by atoms with Gasteiger partial charge in [-0.3, -0.25) is 0 Å². The molecule has 0 aliphatic heterocycles. The van der Waals surface area contributed by atoms with Gasteiger partial charge in [-0.15, -0.1) is 0 Å². The average Bonchev–Trinajstić information content (AvgIpc) is 2.61. The molecule has 0 saturated heterocycles. The first kappa shape index (κ1) is 21.3. The van der Waals surface area contributed by atoms with E-state index in [1.54, 1.807) is 0 Å². The van der Waals surface area contributed by atoms with Gasteiger partial charge in [0.25, 0.3) is 0 Å². The van der Waals surface area contributed by atoms with Crippen molar-refractivity contribution in [1.29, 1.82) is 0 Å². The first-order valence-corrected chi connectivity index (χ1v) is 8.54. The smallest absolute Gasteiger partial charge is 0.146 e. The Kier molecular flexibility index (Phi) is 13.0. The molecule has 0 aromatic heterocycles. The van der Waals surface area contributed by atoms with Crippen LogP contribution in [0.3, 0.4) is 0 Å². The van der Waals surface area contributed by atoms with Crippen molar-refractivity contribution in [2.75, 3.05) is 26.9 Å². The summed E-state index contributed by atoms with van der Waals surface area (Å²) in [6, 6.07) is 0. The van der Waals surface area contributed by atoms with Gasteiger partial charge in [0, 0.05) is 5.92 Å². The number of hydrogen-bond donors (Lipinski definition) is 0. The van der Waals surface area contributed by atoms with Crippen LogP contribution >= 0.6 is 0 Å². The van der Waals surface area contributed by atoms with Crippen LogP contribution in [0.5, 0.6) is 0 Å². The number of rotatable bonds is 14. The van der Waals surface area contributed by atoms with Crippen molar-refractivity contribution in [2.24, 2.45) is 5.92 Å². The summed E-state index contributed by atoms with van der Waals surface area (Å²) in [5.41, 5.74) is 0. The van der Waals surface area contributed by atoms with Crippen LogP contribution in [-0.4, -0.2) is 33.0 Å². The minimum absolute atomic E-state index is 0.0203. The quantitative estimate of drug-likeness (QED) is 0.204. The van der Waals surface area contributed by atoms with Crippen molar-refractivity contribution in [1.82, 2.24) is 0 Å². The Labute approximate surface area is 143 Å². The van der Waals surface area contributed by atoms with E-state index in [9.17, 15) is 0 Å². The van der Waals surface area contributed by atoms with Gasteiger partial charge in [-0.1, -0.05) is 33.1 Å². The van der Waals surface area contributed by atoms with E-state index in [4.69, 9.17) is 19.4 Å². The van der Waals surface area contributed by atoms with E-state index < -0.39 is 0 Å². The molecule has 0 N–H and O–H groups in total. The Morgan fingerprint density at radius 1 is 1.08 bits per heavy atom. The van der Waals surface area contributed by atoms with Crippen molar-refractivity contribution >= 4 is 0 Å². The highest BCUT2D eigenvalue weighted by Crippen LogP contribution is 2.20. The van der Waals surface area contributed by atoms with E-state index in [-0.39, 0.29) is 18.6 Å². The molecule has 0 spiro atoms. The van der Waals surface area contributed by atoms with Gasteiger partial charge < -0.3 is 9.62 Å². The van der Waals surface area contributed by atoms with Gasteiger partial charge in [0.05, 0.1) is 26.4 Å². The summed E-state index contributed by atoms with van der Waals surface area (Å²) in [7, 11) is 1.38. The van der Waals surface area contributed by atoms with Gasteiger partial charge in [0.15, 0.2) is 0 Å². The fraction of sp³-hybridized carbons (Fsp3) is 0.875. The normalized spacial score (nSPS) is 17.9. The topological polar surface area (TPSA) is 73.8 Å². The first-order chi connectivity index (χ1) is 11.8. The minimum Gasteiger partial charge on any atom is -0.378 e. The predicted molar refractivity (Wildman–Crippen MR) is 83.6 cm³/mol. The second kappa shape index (κ2) is 14.6. The Morgan fingerprint density at radius 3 is 2.58 bits per heavy atom. The molecule has 1 saturated carbocycles. The van der Waals surface area contributed by atoms with Gasteiger partial charge in [0.2, 0.25) is 0 Å². The van der Waals surface area contributed by atoms with Crippen molar-refractivity contribution < 1.29 is 39.4 Å². The van der Waals surface area contributed by atoms with Crippen LogP contribution in [0.1, 0.15) is 52.4 Å². The Bertz CT molecular complexity index is 317. The van der Waals surface area contributed by atoms with Crippen molar-refractivity contribution in [3.63, 3.8) is 0 Å². The maximum absolute atomic E-state index is 5.48. The number of allylic oxidation sites excluding steroid dienone is 1. The van der Waals surface area contributed by atoms with Crippen molar-refractivity contribution in [2.45, 2.75) is 58.5 Å². The van der Waals surface area contributed by atoms with E-state index in [2.05, 4.69) is 20.0 Å². The van der Waals surface area contributed by atoms with E-state index in [1.165, 1.54) is 13.5 Å². The minimum atomic E-state index is 0.0203. The summed E-state index contributed by atoms with van der Waals surface area (Å²) in [4.78, 5) is 19.4. The molecule has 1 atom stereocenters. The summed E-state index contributed by atoms with van der Waals surface area (Å²) < 4.78 is 5.48. The summed E-state index contributed by atoms with van der Waals surface area (Å²) >= 11 is 0. The van der Waals surface area contributed by atoms with Crippen LogP contribution in [0.2, 0.25) is 0 Å². The maximum atomic E-state index is 5.48. The average molecular weight is 350 g/mol. The van der Waals surface area contributed by atoms with Crippen molar-refractivity contribution in [3.8, 4) is 0 Å². The molecule has 0 aromatic rings. The molecular formula is C16H30O8. The van der Waals surface area contributed by atoms with Crippen LogP contribution in [0.25, 0.3) is 0 Å². The van der Waals surface area contributed by atoms with Gasteiger partial charge >= 0.3 is 0 Å². The predicted octanol–water partition coefficient (Wildman–Crippen LogP) is 3.59. The van der Waals surface area contributed by atoms with Crippen LogP contribution in [0, 0.1) is 5.92 Å². The summed E-state index contributed by atoms with van der Waals surface area (Å²) in [5.74, 6) is 0.674. The largest absolute Gasteiger partial charge is 0.378 e. The molecule has 1 aliphatic rings. The fourth-order valence-corrected chi connectivity index (χ4v) is 2.31. The highest BCUT2D eigenvalue weighted by Gasteiger charge is 2.15. The molecule has 1 fully saturated rings. The molecule has 0 aromatic carbocycles. The van der Waals surface area contributed by atoms with Crippen LogP contribution in [0.15, 0.2) is 11.8 Å². The van der Waals surface area contributed by atoms with Gasteiger partial charge in [-0.05, 0) is 40.5 Å². The second-order valence-electron chi connectivity index (χ2n) is 5.62. The van der Waals surface area contributed by atoms with Gasteiger partial charge in [-0.25, -0.2) is 9.78 Å². The van der Waals surface area contributed by atoms with Crippen LogP contribution < -0.4 is 0 Å². The summed E-state index contributed by atoms with van der Waals surface area (Å²) in [6.45, 7) is 4.98. The van der Waals surface area contributed by atoms with E-state index in [1.807, 2.05) is 19.9 Å². The Hall–Kier alpha value is -0.740. The number of ether oxygens (including phenoxy) is 1. The van der Waals surface area contributed by atoms with Crippen LogP contribution in [0.4, 0.5) is 0 Å². The number of hydrogen-bond acceptors (Lipinski definition) is 8. The fourth-order valence-electron chi connectivity index (χ4n) is 2.31. The molecule has 0 bridgehead atoms.